The second kappa shape index (κ2) is 6.31. The summed E-state index contributed by atoms with van der Waals surface area (Å²) in [6.07, 6.45) is -3.90. The molecule has 8 heteroatoms. The smallest absolute Gasteiger partial charge is 0.338 e. The van der Waals surface area contributed by atoms with Crippen molar-refractivity contribution in [2.45, 2.75) is 19.1 Å². The third-order valence-electron chi connectivity index (χ3n) is 2.55. The molecule has 110 valence electrons. The Hall–Kier alpha value is -2.19. The third kappa shape index (κ3) is 3.22. The summed E-state index contributed by atoms with van der Waals surface area (Å²) < 4.78 is 17.8. The standard InChI is InChI=1S/C12H14FNO6/c1-2-20-12(19)10(16)9(15)6-3-5(13)4-7(8(6)14)11(17)18/h3-4,9-10,15-16H,2,14H2,1H3,(H,17,18). The Labute approximate surface area is 113 Å². The van der Waals surface area contributed by atoms with Crippen molar-refractivity contribution in [1.29, 1.82) is 0 Å². The average Bonchev–Trinajstić information content (AvgIpc) is 2.39. The van der Waals surface area contributed by atoms with E-state index in [1.165, 1.54) is 6.92 Å². The van der Waals surface area contributed by atoms with E-state index < -0.39 is 46.8 Å². The minimum absolute atomic E-state index is 0.0262. The van der Waals surface area contributed by atoms with E-state index in [9.17, 15) is 24.2 Å². The number of hydrogen-bond donors (Lipinski definition) is 4. The van der Waals surface area contributed by atoms with Crippen molar-refractivity contribution in [1.82, 2.24) is 0 Å². The van der Waals surface area contributed by atoms with E-state index in [0.717, 1.165) is 6.07 Å². The zero-order chi connectivity index (χ0) is 15.4. The van der Waals surface area contributed by atoms with Crippen molar-refractivity contribution >= 4 is 17.6 Å². The second-order valence-electron chi connectivity index (χ2n) is 3.90. The van der Waals surface area contributed by atoms with Gasteiger partial charge in [0.1, 0.15) is 11.9 Å². The lowest BCUT2D eigenvalue weighted by molar-refractivity contribution is -0.159. The van der Waals surface area contributed by atoms with E-state index in [4.69, 9.17) is 10.8 Å². The van der Waals surface area contributed by atoms with Crippen LogP contribution in [0.15, 0.2) is 12.1 Å². The molecule has 0 aliphatic heterocycles. The second-order valence-corrected chi connectivity index (χ2v) is 3.90. The Bertz CT molecular complexity index is 533. The molecule has 2 atom stereocenters. The number of anilines is 1. The number of nitrogens with two attached hydrogens (primary N) is 1. The van der Waals surface area contributed by atoms with Crippen molar-refractivity contribution in [3.63, 3.8) is 0 Å². The van der Waals surface area contributed by atoms with Crippen LogP contribution >= 0.6 is 0 Å². The van der Waals surface area contributed by atoms with Crippen LogP contribution in [-0.2, 0) is 9.53 Å². The molecular formula is C12H14FNO6. The summed E-state index contributed by atoms with van der Waals surface area (Å²) in [6, 6.07) is 1.42. The first-order valence-corrected chi connectivity index (χ1v) is 5.64. The van der Waals surface area contributed by atoms with Gasteiger partial charge in [-0.05, 0) is 19.1 Å². The van der Waals surface area contributed by atoms with E-state index in [2.05, 4.69) is 4.74 Å². The SMILES string of the molecule is CCOC(=O)C(O)C(O)c1cc(F)cc(C(=O)O)c1N. The zero-order valence-corrected chi connectivity index (χ0v) is 10.5. The maximum absolute atomic E-state index is 13.3. The number of aliphatic hydroxyl groups is 2. The van der Waals surface area contributed by atoms with Crippen molar-refractivity contribution < 1.29 is 34.0 Å². The number of carbonyl (C=O) groups excluding carboxylic acids is 1. The first-order chi connectivity index (χ1) is 9.29. The number of aromatic carboxylic acids is 1. The van der Waals surface area contributed by atoms with E-state index in [-0.39, 0.29) is 6.61 Å². The van der Waals surface area contributed by atoms with Gasteiger partial charge in [-0.2, -0.15) is 0 Å². The van der Waals surface area contributed by atoms with Gasteiger partial charge in [0.2, 0.25) is 0 Å². The van der Waals surface area contributed by atoms with Crippen molar-refractivity contribution in [3.8, 4) is 0 Å². The maximum Gasteiger partial charge on any atom is 0.338 e. The molecule has 0 amide bonds. The lowest BCUT2D eigenvalue weighted by Gasteiger charge is -2.19. The van der Waals surface area contributed by atoms with Crippen LogP contribution in [0.25, 0.3) is 0 Å². The molecule has 0 saturated heterocycles. The van der Waals surface area contributed by atoms with E-state index in [1.54, 1.807) is 0 Å². The molecule has 1 aromatic rings. The van der Waals surface area contributed by atoms with Gasteiger partial charge in [-0.3, -0.25) is 0 Å². The fraction of sp³-hybridized carbons (Fsp3) is 0.333. The molecule has 0 spiro atoms. The van der Waals surface area contributed by atoms with Crippen LogP contribution < -0.4 is 5.73 Å². The minimum atomic E-state index is -2.00. The molecule has 0 aliphatic carbocycles. The molecule has 1 rings (SSSR count). The summed E-state index contributed by atoms with van der Waals surface area (Å²) >= 11 is 0. The van der Waals surface area contributed by atoms with Crippen LogP contribution in [0.5, 0.6) is 0 Å². The number of carboxylic acids is 1. The predicted molar refractivity (Wildman–Crippen MR) is 65.4 cm³/mol. The van der Waals surface area contributed by atoms with Gasteiger partial charge >= 0.3 is 11.9 Å². The van der Waals surface area contributed by atoms with Crippen LogP contribution in [-0.4, -0.2) is 40.0 Å². The first kappa shape index (κ1) is 15.9. The van der Waals surface area contributed by atoms with Crippen LogP contribution in [0.2, 0.25) is 0 Å². The van der Waals surface area contributed by atoms with Gasteiger partial charge in [-0.25, -0.2) is 14.0 Å². The number of hydrogen-bond acceptors (Lipinski definition) is 6. The summed E-state index contributed by atoms with van der Waals surface area (Å²) in [5.74, 6) is -3.59. The fourth-order valence-corrected chi connectivity index (χ4v) is 1.59. The number of halogens is 1. The molecule has 5 N–H and O–H groups in total. The molecule has 2 unspecified atom stereocenters. The number of benzene rings is 1. The molecule has 0 bridgehead atoms. The Balaban J connectivity index is 3.19. The molecule has 20 heavy (non-hydrogen) atoms. The molecule has 0 fully saturated rings. The molecule has 0 aliphatic rings. The first-order valence-electron chi connectivity index (χ1n) is 5.64. The molecule has 0 heterocycles. The minimum Gasteiger partial charge on any atom is -0.478 e. The van der Waals surface area contributed by atoms with Gasteiger partial charge in [0.05, 0.1) is 17.9 Å². The topological polar surface area (TPSA) is 130 Å². The highest BCUT2D eigenvalue weighted by Crippen LogP contribution is 2.28. The molecular weight excluding hydrogens is 273 g/mol. The monoisotopic (exact) mass is 287 g/mol. The average molecular weight is 287 g/mol. The van der Waals surface area contributed by atoms with E-state index in [0.29, 0.717) is 6.07 Å². The van der Waals surface area contributed by atoms with Crippen LogP contribution in [0.1, 0.15) is 28.9 Å². The molecule has 0 saturated carbocycles. The Morgan fingerprint density at radius 1 is 1.40 bits per heavy atom. The lowest BCUT2D eigenvalue weighted by Crippen LogP contribution is -2.30. The normalized spacial score (nSPS) is 13.6. The quantitative estimate of drug-likeness (QED) is 0.445. The van der Waals surface area contributed by atoms with Gasteiger partial charge in [-0.1, -0.05) is 0 Å². The van der Waals surface area contributed by atoms with Crippen molar-refractivity contribution in [2.24, 2.45) is 0 Å². The highest BCUT2D eigenvalue weighted by molar-refractivity contribution is 5.94. The summed E-state index contributed by atoms with van der Waals surface area (Å²) in [5, 5.41) is 28.2. The molecule has 1 aromatic carbocycles. The zero-order valence-electron chi connectivity index (χ0n) is 10.5. The number of nitrogen functional groups attached to an aromatic ring is 1. The van der Waals surface area contributed by atoms with Crippen LogP contribution in [0.3, 0.4) is 0 Å². The Morgan fingerprint density at radius 2 is 2.00 bits per heavy atom. The highest BCUT2D eigenvalue weighted by Gasteiger charge is 2.30. The van der Waals surface area contributed by atoms with Crippen molar-refractivity contribution in [3.05, 3.63) is 29.1 Å². The van der Waals surface area contributed by atoms with Crippen molar-refractivity contribution in [2.75, 3.05) is 12.3 Å². The largest absolute Gasteiger partial charge is 0.478 e. The van der Waals surface area contributed by atoms with Gasteiger partial charge in [0.15, 0.2) is 6.10 Å². The Kier molecular flexibility index (Phi) is 5.00. The van der Waals surface area contributed by atoms with Gasteiger partial charge < -0.3 is 25.8 Å². The number of carbonyl (C=O) groups is 2. The van der Waals surface area contributed by atoms with Gasteiger partial charge in [0.25, 0.3) is 0 Å². The van der Waals surface area contributed by atoms with E-state index in [1.807, 2.05) is 0 Å². The Morgan fingerprint density at radius 3 is 2.50 bits per heavy atom. The van der Waals surface area contributed by atoms with Crippen LogP contribution in [0, 0.1) is 5.82 Å². The molecule has 7 nitrogen and oxygen atoms in total. The molecule has 0 radical (unpaired) electrons. The number of aliphatic hydroxyl groups excluding tert-OH is 2. The fourth-order valence-electron chi connectivity index (χ4n) is 1.59. The van der Waals surface area contributed by atoms with Gasteiger partial charge in [-0.15, -0.1) is 0 Å². The third-order valence-corrected chi connectivity index (χ3v) is 2.55. The van der Waals surface area contributed by atoms with E-state index >= 15 is 0 Å². The predicted octanol–water partition coefficient (Wildman–Crippen LogP) is 0.0635. The summed E-state index contributed by atoms with van der Waals surface area (Å²) in [7, 11) is 0. The summed E-state index contributed by atoms with van der Waals surface area (Å²) in [5.41, 5.74) is 4.09. The number of carboxylic acid groups (broad SMARTS) is 1. The van der Waals surface area contributed by atoms with Gasteiger partial charge in [0, 0.05) is 5.56 Å². The molecule has 0 aromatic heterocycles. The maximum atomic E-state index is 13.3. The summed E-state index contributed by atoms with van der Waals surface area (Å²) in [6.45, 7) is 1.47. The lowest BCUT2D eigenvalue weighted by atomic mass is 9.99. The summed E-state index contributed by atoms with van der Waals surface area (Å²) in [4.78, 5) is 22.2. The van der Waals surface area contributed by atoms with Crippen LogP contribution in [0.4, 0.5) is 10.1 Å². The number of esters is 1. The number of rotatable bonds is 5. The number of ether oxygens (including phenoxy) is 1. The highest BCUT2D eigenvalue weighted by atomic mass is 19.1.